The lowest BCUT2D eigenvalue weighted by Gasteiger charge is -2.12. The first kappa shape index (κ1) is 16.2. The van der Waals surface area contributed by atoms with E-state index in [1.165, 1.54) is 18.2 Å². The minimum Gasteiger partial charge on any atom is -0.392 e. The molecular formula is C13H10BrClFNO3S. The van der Waals surface area contributed by atoms with Gasteiger partial charge in [-0.3, -0.25) is 4.72 Å². The van der Waals surface area contributed by atoms with Crippen LogP contribution in [0.15, 0.2) is 45.8 Å². The van der Waals surface area contributed by atoms with Crippen LogP contribution in [0.2, 0.25) is 5.02 Å². The van der Waals surface area contributed by atoms with Gasteiger partial charge >= 0.3 is 0 Å². The van der Waals surface area contributed by atoms with E-state index in [1.54, 1.807) is 6.07 Å². The summed E-state index contributed by atoms with van der Waals surface area (Å²) in [5, 5.41) is 9.37. The predicted octanol–water partition coefficient (Wildman–Crippen LogP) is 3.53. The molecule has 0 radical (unpaired) electrons. The van der Waals surface area contributed by atoms with E-state index in [9.17, 15) is 17.9 Å². The lowest BCUT2D eigenvalue weighted by atomic mass is 10.2. The molecule has 0 unspecified atom stereocenters. The Morgan fingerprint density at radius 3 is 2.57 bits per heavy atom. The molecule has 0 atom stereocenters. The zero-order chi connectivity index (χ0) is 15.6. The smallest absolute Gasteiger partial charge is 0.262 e. The SMILES string of the molecule is O=S(=O)(Nc1ccc(Br)cc1Cl)c1cc(F)ccc1CO. The van der Waals surface area contributed by atoms with Crippen molar-refractivity contribution in [1.29, 1.82) is 0 Å². The number of nitrogens with one attached hydrogen (secondary N) is 1. The van der Waals surface area contributed by atoms with Crippen molar-refractivity contribution in [2.24, 2.45) is 0 Å². The van der Waals surface area contributed by atoms with Crippen molar-refractivity contribution >= 4 is 43.2 Å². The van der Waals surface area contributed by atoms with Crippen molar-refractivity contribution in [3.8, 4) is 0 Å². The van der Waals surface area contributed by atoms with E-state index in [0.29, 0.717) is 4.47 Å². The zero-order valence-electron chi connectivity index (χ0n) is 10.5. The van der Waals surface area contributed by atoms with Crippen molar-refractivity contribution < 1.29 is 17.9 Å². The molecule has 0 aliphatic heterocycles. The number of hydrogen-bond acceptors (Lipinski definition) is 3. The Morgan fingerprint density at radius 1 is 1.24 bits per heavy atom. The van der Waals surface area contributed by atoms with Crippen LogP contribution in [0.25, 0.3) is 0 Å². The summed E-state index contributed by atoms with van der Waals surface area (Å²) in [6, 6.07) is 7.76. The summed E-state index contributed by atoms with van der Waals surface area (Å²) in [7, 11) is -4.06. The maximum Gasteiger partial charge on any atom is 0.262 e. The van der Waals surface area contributed by atoms with Gasteiger partial charge < -0.3 is 5.11 Å². The largest absolute Gasteiger partial charge is 0.392 e. The molecule has 0 bridgehead atoms. The Morgan fingerprint density at radius 2 is 1.95 bits per heavy atom. The summed E-state index contributed by atoms with van der Waals surface area (Å²) in [5.74, 6) is -0.713. The molecule has 8 heteroatoms. The Bertz CT molecular complexity index is 783. The number of rotatable bonds is 4. The molecule has 0 aromatic heterocycles. The molecule has 4 nitrogen and oxygen atoms in total. The maximum absolute atomic E-state index is 13.3. The average Bonchev–Trinajstić information content (AvgIpc) is 2.42. The first-order chi connectivity index (χ1) is 9.83. The van der Waals surface area contributed by atoms with E-state index in [4.69, 9.17) is 11.6 Å². The van der Waals surface area contributed by atoms with E-state index in [2.05, 4.69) is 20.7 Å². The second kappa shape index (κ2) is 6.31. The van der Waals surface area contributed by atoms with Crippen molar-refractivity contribution in [1.82, 2.24) is 0 Å². The Balaban J connectivity index is 2.45. The van der Waals surface area contributed by atoms with E-state index in [1.807, 2.05) is 0 Å². The van der Waals surface area contributed by atoms with Crippen LogP contribution < -0.4 is 4.72 Å². The Kier molecular flexibility index (Phi) is 4.88. The lowest BCUT2D eigenvalue weighted by molar-refractivity contribution is 0.278. The molecule has 0 heterocycles. The summed E-state index contributed by atoms with van der Waals surface area (Å²) in [4.78, 5) is -0.330. The highest BCUT2D eigenvalue weighted by atomic mass is 79.9. The van der Waals surface area contributed by atoms with Crippen LogP contribution in [0.4, 0.5) is 10.1 Å². The molecule has 2 N–H and O–H groups in total. The Labute approximate surface area is 134 Å². The van der Waals surface area contributed by atoms with Gasteiger partial charge in [0.2, 0.25) is 0 Å². The van der Waals surface area contributed by atoms with Crippen LogP contribution >= 0.6 is 27.5 Å². The van der Waals surface area contributed by atoms with E-state index in [-0.39, 0.29) is 21.2 Å². The van der Waals surface area contributed by atoms with Crippen molar-refractivity contribution in [3.05, 3.63) is 57.3 Å². The maximum atomic E-state index is 13.3. The molecule has 2 aromatic rings. The molecule has 0 spiro atoms. The molecule has 0 saturated carbocycles. The molecule has 112 valence electrons. The van der Waals surface area contributed by atoms with Gasteiger partial charge in [0.1, 0.15) is 5.82 Å². The lowest BCUT2D eigenvalue weighted by Crippen LogP contribution is -2.15. The van der Waals surface area contributed by atoms with Gasteiger partial charge in [0.15, 0.2) is 0 Å². The standard InChI is InChI=1S/C13H10BrClFNO3S/c14-9-2-4-12(11(15)5-9)17-21(19,20)13-6-10(16)3-1-8(13)7-18/h1-6,17-18H,7H2. The minimum atomic E-state index is -4.06. The van der Waals surface area contributed by atoms with Gasteiger partial charge in [-0.15, -0.1) is 0 Å². The number of hydrogen-bond donors (Lipinski definition) is 2. The minimum absolute atomic E-state index is 0.0946. The summed E-state index contributed by atoms with van der Waals surface area (Å²) in [6.45, 7) is -0.523. The van der Waals surface area contributed by atoms with Gasteiger partial charge in [0.25, 0.3) is 10.0 Å². The van der Waals surface area contributed by atoms with Crippen LogP contribution in [-0.2, 0) is 16.6 Å². The third-order valence-electron chi connectivity index (χ3n) is 2.66. The summed E-state index contributed by atoms with van der Waals surface area (Å²) < 4.78 is 40.9. The highest BCUT2D eigenvalue weighted by molar-refractivity contribution is 9.10. The predicted molar refractivity (Wildman–Crippen MR) is 82.3 cm³/mol. The van der Waals surface area contributed by atoms with Gasteiger partial charge in [-0.05, 0) is 35.9 Å². The summed E-state index contributed by atoms with van der Waals surface area (Å²) in [6.07, 6.45) is 0. The van der Waals surface area contributed by atoms with Gasteiger partial charge in [-0.2, -0.15) is 0 Å². The topological polar surface area (TPSA) is 66.4 Å². The van der Waals surface area contributed by atoms with Gasteiger partial charge in [0.05, 0.1) is 22.2 Å². The number of aliphatic hydroxyl groups excluding tert-OH is 1. The summed E-state index contributed by atoms with van der Waals surface area (Å²) in [5.41, 5.74) is 0.255. The molecule has 21 heavy (non-hydrogen) atoms. The van der Waals surface area contributed by atoms with Crippen molar-refractivity contribution in [3.63, 3.8) is 0 Å². The van der Waals surface area contributed by atoms with Crippen LogP contribution in [0.3, 0.4) is 0 Å². The number of benzene rings is 2. The monoisotopic (exact) mass is 393 g/mol. The van der Waals surface area contributed by atoms with Gasteiger partial charge in [-0.1, -0.05) is 33.6 Å². The second-order valence-corrected chi connectivity index (χ2v) is 7.11. The number of halogens is 3. The van der Waals surface area contributed by atoms with E-state index in [0.717, 1.165) is 12.1 Å². The third-order valence-corrected chi connectivity index (χ3v) is 4.92. The van der Waals surface area contributed by atoms with Crippen LogP contribution in [0, 0.1) is 5.82 Å². The molecule has 2 aromatic carbocycles. The molecule has 0 fully saturated rings. The highest BCUT2D eigenvalue weighted by Gasteiger charge is 2.20. The van der Waals surface area contributed by atoms with Crippen LogP contribution in [0.5, 0.6) is 0 Å². The number of sulfonamides is 1. The van der Waals surface area contributed by atoms with E-state index >= 15 is 0 Å². The van der Waals surface area contributed by atoms with Crippen LogP contribution in [0.1, 0.15) is 5.56 Å². The molecule has 0 amide bonds. The Hall–Kier alpha value is -1.15. The zero-order valence-corrected chi connectivity index (χ0v) is 13.6. The fraction of sp³-hybridized carbons (Fsp3) is 0.0769. The molecule has 0 aliphatic rings. The fourth-order valence-electron chi connectivity index (χ4n) is 1.68. The fourth-order valence-corrected chi connectivity index (χ4v) is 3.78. The first-order valence-electron chi connectivity index (χ1n) is 5.70. The van der Waals surface area contributed by atoms with Crippen molar-refractivity contribution in [2.75, 3.05) is 4.72 Å². The second-order valence-electron chi connectivity index (χ2n) is 4.14. The van der Waals surface area contributed by atoms with E-state index < -0.39 is 22.4 Å². The molecular weight excluding hydrogens is 385 g/mol. The molecule has 0 aliphatic carbocycles. The molecule has 2 rings (SSSR count). The van der Waals surface area contributed by atoms with Gasteiger partial charge in [0, 0.05) is 4.47 Å². The first-order valence-corrected chi connectivity index (χ1v) is 8.36. The van der Waals surface area contributed by atoms with Gasteiger partial charge in [-0.25, -0.2) is 12.8 Å². The van der Waals surface area contributed by atoms with Crippen LogP contribution in [-0.4, -0.2) is 13.5 Å². The normalized spacial score (nSPS) is 11.4. The van der Waals surface area contributed by atoms with Crippen molar-refractivity contribution in [2.45, 2.75) is 11.5 Å². The number of anilines is 1. The average molecular weight is 395 g/mol. The highest BCUT2D eigenvalue weighted by Crippen LogP contribution is 2.28. The summed E-state index contributed by atoms with van der Waals surface area (Å²) >= 11 is 9.16. The third kappa shape index (κ3) is 3.74. The quantitative estimate of drug-likeness (QED) is 0.833. The number of aliphatic hydroxyl groups is 1. The molecule has 0 saturated heterocycles.